The number of carbonyl (C=O) groups excluding carboxylic acids is 3. The van der Waals surface area contributed by atoms with Crippen LogP contribution < -0.4 is 4.74 Å². The van der Waals surface area contributed by atoms with Crippen molar-refractivity contribution in [1.29, 1.82) is 0 Å². The standard InChI is InChI=1S/C23H25NO7S/c1-13-5-7-17(8-6-13)19-10-9-18(11-24-19)31-23-22(30-16(4)27)21(29-15(3)26)20(12-32-23)28-14(2)25/h5-11,20-23H,12H2,1-4H3/t20-,21+,22-,23-/m1/s1. The van der Waals surface area contributed by atoms with Crippen LogP contribution in [0.2, 0.25) is 0 Å². The summed E-state index contributed by atoms with van der Waals surface area (Å²) in [6.45, 7) is 5.77. The molecule has 8 nitrogen and oxygen atoms in total. The highest BCUT2D eigenvalue weighted by atomic mass is 32.2. The molecule has 0 amide bonds. The fourth-order valence-electron chi connectivity index (χ4n) is 3.29. The lowest BCUT2D eigenvalue weighted by Crippen LogP contribution is -2.55. The molecule has 1 fully saturated rings. The molecular formula is C23H25NO7S. The molecule has 170 valence electrons. The van der Waals surface area contributed by atoms with Gasteiger partial charge in [0.1, 0.15) is 5.75 Å². The van der Waals surface area contributed by atoms with Crippen molar-refractivity contribution in [1.82, 2.24) is 4.98 Å². The Bertz CT molecular complexity index is 961. The van der Waals surface area contributed by atoms with E-state index in [1.54, 1.807) is 12.3 Å². The van der Waals surface area contributed by atoms with Gasteiger partial charge in [0.2, 0.25) is 0 Å². The Morgan fingerprint density at radius 1 is 0.875 bits per heavy atom. The van der Waals surface area contributed by atoms with E-state index in [1.807, 2.05) is 37.3 Å². The highest BCUT2D eigenvalue weighted by molar-refractivity contribution is 7.99. The van der Waals surface area contributed by atoms with Gasteiger partial charge < -0.3 is 18.9 Å². The summed E-state index contributed by atoms with van der Waals surface area (Å²) in [6.07, 6.45) is -1.16. The summed E-state index contributed by atoms with van der Waals surface area (Å²) in [6, 6.07) is 11.6. The molecule has 0 bridgehead atoms. The van der Waals surface area contributed by atoms with Crippen molar-refractivity contribution < 1.29 is 33.3 Å². The van der Waals surface area contributed by atoms with Crippen LogP contribution in [0, 0.1) is 6.92 Å². The molecule has 0 radical (unpaired) electrons. The summed E-state index contributed by atoms with van der Waals surface area (Å²) in [5.41, 5.74) is 2.24. The minimum Gasteiger partial charge on any atom is -0.474 e. The number of carbonyl (C=O) groups is 3. The molecule has 2 aromatic rings. The first-order chi connectivity index (χ1) is 15.2. The number of aromatic nitrogens is 1. The molecule has 32 heavy (non-hydrogen) atoms. The van der Waals surface area contributed by atoms with Gasteiger partial charge in [0, 0.05) is 32.1 Å². The molecule has 9 heteroatoms. The van der Waals surface area contributed by atoms with E-state index in [2.05, 4.69) is 4.98 Å². The molecule has 4 atom stereocenters. The van der Waals surface area contributed by atoms with Crippen molar-refractivity contribution >= 4 is 29.7 Å². The third-order valence-corrected chi connectivity index (χ3v) is 5.85. The molecule has 0 aliphatic carbocycles. The van der Waals surface area contributed by atoms with Gasteiger partial charge in [-0.05, 0) is 19.1 Å². The minimum atomic E-state index is -0.994. The van der Waals surface area contributed by atoms with E-state index in [9.17, 15) is 14.4 Å². The third-order valence-electron chi connectivity index (χ3n) is 4.64. The number of hydrogen-bond donors (Lipinski definition) is 0. The molecular weight excluding hydrogens is 434 g/mol. The number of benzene rings is 1. The lowest BCUT2D eigenvalue weighted by molar-refractivity contribution is -0.186. The van der Waals surface area contributed by atoms with Crippen LogP contribution in [-0.2, 0) is 28.6 Å². The predicted octanol–water partition coefficient (Wildman–Crippen LogP) is 3.30. The van der Waals surface area contributed by atoms with E-state index in [0.29, 0.717) is 11.5 Å². The molecule has 1 aliphatic rings. The number of aryl methyl sites for hydroxylation is 1. The maximum atomic E-state index is 11.7. The fraction of sp³-hybridized carbons (Fsp3) is 0.391. The monoisotopic (exact) mass is 459 g/mol. The van der Waals surface area contributed by atoms with Crippen molar-refractivity contribution in [3.05, 3.63) is 48.2 Å². The molecule has 1 saturated heterocycles. The fourth-order valence-corrected chi connectivity index (χ4v) is 4.51. The predicted molar refractivity (Wildman–Crippen MR) is 118 cm³/mol. The van der Waals surface area contributed by atoms with Crippen LogP contribution in [0.4, 0.5) is 0 Å². The number of rotatable bonds is 6. The highest BCUT2D eigenvalue weighted by Crippen LogP contribution is 2.34. The van der Waals surface area contributed by atoms with Crippen molar-refractivity contribution in [2.75, 3.05) is 5.75 Å². The van der Waals surface area contributed by atoms with Gasteiger partial charge in [-0.1, -0.05) is 29.8 Å². The smallest absolute Gasteiger partial charge is 0.303 e. The van der Waals surface area contributed by atoms with Crippen molar-refractivity contribution in [2.24, 2.45) is 0 Å². The molecule has 2 heterocycles. The summed E-state index contributed by atoms with van der Waals surface area (Å²) in [4.78, 5) is 39.4. The van der Waals surface area contributed by atoms with E-state index in [1.165, 1.54) is 32.5 Å². The first kappa shape index (κ1) is 23.6. The van der Waals surface area contributed by atoms with Gasteiger partial charge in [0.15, 0.2) is 23.7 Å². The van der Waals surface area contributed by atoms with Crippen LogP contribution in [0.15, 0.2) is 42.6 Å². The van der Waals surface area contributed by atoms with Crippen molar-refractivity contribution in [2.45, 2.75) is 51.4 Å². The number of ether oxygens (including phenoxy) is 4. The van der Waals surface area contributed by atoms with Crippen LogP contribution in [0.5, 0.6) is 5.75 Å². The maximum Gasteiger partial charge on any atom is 0.303 e. The van der Waals surface area contributed by atoms with Gasteiger partial charge in [-0.15, -0.1) is 11.8 Å². The molecule has 1 aromatic carbocycles. The highest BCUT2D eigenvalue weighted by Gasteiger charge is 2.47. The Labute approximate surface area is 190 Å². The number of esters is 3. The zero-order chi connectivity index (χ0) is 23.3. The summed E-state index contributed by atoms with van der Waals surface area (Å²) in [5.74, 6) is -0.918. The van der Waals surface area contributed by atoms with E-state index < -0.39 is 41.7 Å². The van der Waals surface area contributed by atoms with Crippen LogP contribution in [0.3, 0.4) is 0 Å². The molecule has 1 aromatic heterocycles. The Kier molecular flexibility index (Phi) is 7.74. The average Bonchev–Trinajstić information content (AvgIpc) is 2.72. The average molecular weight is 460 g/mol. The Morgan fingerprint density at radius 3 is 2.06 bits per heavy atom. The zero-order valence-corrected chi connectivity index (χ0v) is 19.1. The van der Waals surface area contributed by atoms with Gasteiger partial charge >= 0.3 is 17.9 Å². The van der Waals surface area contributed by atoms with E-state index >= 15 is 0 Å². The van der Waals surface area contributed by atoms with Crippen molar-refractivity contribution in [3.8, 4) is 17.0 Å². The van der Waals surface area contributed by atoms with Gasteiger partial charge in [-0.2, -0.15) is 0 Å². The SMILES string of the molecule is CC(=O)O[C@@H]1[C@@H](OC(C)=O)[C@H](OC(C)=O)CS[C@H]1Oc1ccc(-c2ccc(C)cc2)nc1. The summed E-state index contributed by atoms with van der Waals surface area (Å²) in [7, 11) is 0. The molecule has 0 saturated carbocycles. The Balaban J connectivity index is 1.80. The number of nitrogens with zero attached hydrogens (tertiary/aromatic N) is 1. The van der Waals surface area contributed by atoms with Crippen LogP contribution in [0.25, 0.3) is 11.3 Å². The second kappa shape index (κ2) is 10.5. The van der Waals surface area contributed by atoms with Crippen LogP contribution >= 0.6 is 11.8 Å². The molecule has 0 spiro atoms. The van der Waals surface area contributed by atoms with E-state index in [0.717, 1.165) is 16.8 Å². The zero-order valence-electron chi connectivity index (χ0n) is 18.3. The topological polar surface area (TPSA) is 101 Å². The number of thioether (sulfide) groups is 1. The van der Waals surface area contributed by atoms with E-state index in [4.69, 9.17) is 18.9 Å². The van der Waals surface area contributed by atoms with Crippen molar-refractivity contribution in [3.63, 3.8) is 0 Å². The molecule has 0 N–H and O–H groups in total. The second-order valence-electron chi connectivity index (χ2n) is 7.36. The lowest BCUT2D eigenvalue weighted by Gasteiger charge is -2.39. The Hall–Kier alpha value is -3.07. The largest absolute Gasteiger partial charge is 0.474 e. The summed E-state index contributed by atoms with van der Waals surface area (Å²) < 4.78 is 22.1. The summed E-state index contributed by atoms with van der Waals surface area (Å²) >= 11 is 1.30. The first-order valence-corrected chi connectivity index (χ1v) is 11.1. The quantitative estimate of drug-likeness (QED) is 0.476. The maximum absolute atomic E-state index is 11.7. The minimum absolute atomic E-state index is 0.300. The number of hydrogen-bond acceptors (Lipinski definition) is 9. The van der Waals surface area contributed by atoms with Gasteiger partial charge in [0.25, 0.3) is 0 Å². The normalized spacial score (nSPS) is 22.5. The van der Waals surface area contributed by atoms with Gasteiger partial charge in [-0.25, -0.2) is 0 Å². The third kappa shape index (κ3) is 6.23. The van der Waals surface area contributed by atoms with Gasteiger partial charge in [0.05, 0.1) is 11.9 Å². The molecule has 0 unspecified atom stereocenters. The first-order valence-electron chi connectivity index (χ1n) is 10.1. The lowest BCUT2D eigenvalue weighted by atomic mass is 10.1. The Morgan fingerprint density at radius 2 is 1.50 bits per heavy atom. The van der Waals surface area contributed by atoms with Gasteiger partial charge in [-0.3, -0.25) is 19.4 Å². The van der Waals surface area contributed by atoms with Crippen LogP contribution in [-0.4, -0.2) is 52.4 Å². The second-order valence-corrected chi connectivity index (χ2v) is 8.49. The van der Waals surface area contributed by atoms with E-state index in [-0.39, 0.29) is 0 Å². The summed E-state index contributed by atoms with van der Waals surface area (Å²) in [5, 5.41) is 0. The molecule has 1 aliphatic heterocycles. The molecule has 3 rings (SSSR count). The number of pyridine rings is 1. The van der Waals surface area contributed by atoms with Crippen LogP contribution in [0.1, 0.15) is 26.3 Å².